The molecule has 8 heterocycles. The number of benzene rings is 5. The number of nitrogens with zero attached hydrogens (tertiary/aromatic N) is 2. The zero-order valence-corrected chi connectivity index (χ0v) is 47.0. The third-order valence-electron chi connectivity index (χ3n) is 15.7. The van der Waals surface area contributed by atoms with E-state index in [4.69, 9.17) is 0 Å². The van der Waals surface area contributed by atoms with Crippen molar-refractivity contribution in [1.82, 2.24) is 0 Å². The first-order chi connectivity index (χ1) is 35.1. The molecule has 6 aromatic heterocycles. The van der Waals surface area contributed by atoms with Crippen molar-refractivity contribution in [3.8, 4) is 20.9 Å². The van der Waals surface area contributed by atoms with Gasteiger partial charge in [-0.2, -0.15) is 0 Å². The second-order valence-corrected chi connectivity index (χ2v) is 27.7. The van der Waals surface area contributed by atoms with Crippen LogP contribution in [0.5, 0.6) is 0 Å². The van der Waals surface area contributed by atoms with E-state index < -0.39 is 0 Å². The Bertz CT molecular complexity index is 3560. The highest BCUT2D eigenvalue weighted by atomic mass is 32.1. The van der Waals surface area contributed by atoms with Crippen LogP contribution >= 0.6 is 68.0 Å². The van der Waals surface area contributed by atoms with Crippen LogP contribution in [0, 0.1) is 0 Å². The summed E-state index contributed by atoms with van der Waals surface area (Å²) in [7, 11) is 0. The van der Waals surface area contributed by atoms with Gasteiger partial charge in [0.1, 0.15) is 0 Å². The normalized spacial score (nSPS) is 14.7. The number of anilines is 6. The highest BCUT2D eigenvalue weighted by molar-refractivity contribution is 7.40. The summed E-state index contributed by atoms with van der Waals surface area (Å²) in [5.41, 5.74) is 14.8. The molecule has 8 heteroatoms. The monoisotopic (exact) mass is 1050 g/mol. The maximum Gasteiger partial charge on any atom is 0.0636 e. The van der Waals surface area contributed by atoms with Crippen LogP contribution in [0.4, 0.5) is 34.1 Å². The predicted octanol–water partition coefficient (Wildman–Crippen LogP) is 22.5. The summed E-state index contributed by atoms with van der Waals surface area (Å²) in [5.74, 6) is 0. The Morgan fingerprint density at radius 1 is 0.361 bits per heavy atom. The molecule has 72 heavy (non-hydrogen) atoms. The Morgan fingerprint density at radius 2 is 0.750 bits per heavy atom. The summed E-state index contributed by atoms with van der Waals surface area (Å²) in [4.78, 5) is 10.9. The lowest BCUT2D eigenvalue weighted by molar-refractivity contribution is 0.615. The van der Waals surface area contributed by atoms with E-state index >= 15 is 0 Å². The van der Waals surface area contributed by atoms with Gasteiger partial charge in [0.2, 0.25) is 0 Å². The van der Waals surface area contributed by atoms with Crippen molar-refractivity contribution in [2.24, 2.45) is 0 Å². The molecule has 13 rings (SSSR count). The third kappa shape index (κ3) is 7.76. The third-order valence-corrected chi connectivity index (χ3v) is 23.4. The summed E-state index contributed by atoms with van der Waals surface area (Å²) in [6.07, 6.45) is 12.9. The molecule has 0 N–H and O–H groups in total. The minimum Gasteiger partial charge on any atom is -0.310 e. The maximum atomic E-state index is 2.56. The van der Waals surface area contributed by atoms with Crippen LogP contribution in [0.3, 0.4) is 0 Å². The standard InChI is InChI=1S/C64H60N2S6/c1-7-9-11-19-25-43-33-55-59(67-43)61-57(69-55)37-53(71-61)39-27-29-49-45(31-39)63(3,4)47-35-52-48(36-51(47)65(49)41-21-15-13-16-22-41)64(5,6)46-32-40(28-30-50(46)66(52)42-23-17-14-18-24-42)54-38-58-62(72-54)60-56(70-58)34-44(68-60)26-20-12-10-8-2/h13-18,21-24,27-38H,7-12,19-20,25-26H2,1-6H3. The fourth-order valence-electron chi connectivity index (χ4n) is 11.7. The highest BCUT2D eigenvalue weighted by Crippen LogP contribution is 2.60. The van der Waals surface area contributed by atoms with E-state index in [1.165, 1.54) is 179 Å². The van der Waals surface area contributed by atoms with Crippen molar-refractivity contribution in [3.63, 3.8) is 0 Å². The molecule has 0 bridgehead atoms. The smallest absolute Gasteiger partial charge is 0.0636 e. The van der Waals surface area contributed by atoms with Gasteiger partial charge in [0.05, 0.1) is 41.5 Å². The topological polar surface area (TPSA) is 6.48 Å². The average Bonchev–Trinajstić information content (AvgIpc) is 4.25. The van der Waals surface area contributed by atoms with Gasteiger partial charge < -0.3 is 9.80 Å². The van der Waals surface area contributed by atoms with Crippen LogP contribution in [-0.4, -0.2) is 0 Å². The van der Waals surface area contributed by atoms with E-state index in [0.717, 1.165) is 0 Å². The molecule has 0 saturated carbocycles. The molecule has 0 atom stereocenters. The van der Waals surface area contributed by atoms with Gasteiger partial charge in [-0.1, -0.05) is 129 Å². The first-order valence-electron chi connectivity index (χ1n) is 26.2. The number of fused-ring (bicyclic) bond motifs is 10. The predicted molar refractivity (Wildman–Crippen MR) is 324 cm³/mol. The second kappa shape index (κ2) is 18.4. The quantitative estimate of drug-likeness (QED) is 0.100. The first kappa shape index (κ1) is 46.7. The first-order valence-corrected chi connectivity index (χ1v) is 31.1. The Labute approximate surface area is 448 Å². The molecule has 2 nitrogen and oxygen atoms in total. The van der Waals surface area contributed by atoms with Crippen LogP contribution in [0.1, 0.15) is 125 Å². The Balaban J connectivity index is 0.912. The van der Waals surface area contributed by atoms with E-state index in [1.54, 1.807) is 9.75 Å². The Kier molecular flexibility index (Phi) is 11.9. The molecule has 5 aromatic carbocycles. The number of thiophene rings is 6. The Morgan fingerprint density at radius 3 is 1.17 bits per heavy atom. The summed E-state index contributed by atoms with van der Waals surface area (Å²) < 4.78 is 11.7. The van der Waals surface area contributed by atoms with E-state index in [-0.39, 0.29) is 10.8 Å². The van der Waals surface area contributed by atoms with E-state index in [0.29, 0.717) is 0 Å². The van der Waals surface area contributed by atoms with Gasteiger partial charge in [0, 0.05) is 60.5 Å². The molecular weight excluding hydrogens is 989 g/mol. The summed E-state index contributed by atoms with van der Waals surface area (Å²) in [5, 5.41) is 0. The van der Waals surface area contributed by atoms with E-state index in [2.05, 4.69) is 185 Å². The minimum absolute atomic E-state index is 0.296. The van der Waals surface area contributed by atoms with Crippen molar-refractivity contribution in [2.75, 3.05) is 9.80 Å². The molecule has 2 aliphatic rings. The van der Waals surface area contributed by atoms with Crippen LogP contribution in [0.2, 0.25) is 0 Å². The van der Waals surface area contributed by atoms with Crippen molar-refractivity contribution < 1.29 is 0 Å². The zero-order chi connectivity index (χ0) is 48.9. The fraction of sp³-hybridized carbons (Fsp3) is 0.281. The Hall–Kier alpha value is -5.06. The van der Waals surface area contributed by atoms with Gasteiger partial charge >= 0.3 is 0 Å². The molecule has 2 aliphatic heterocycles. The molecular formula is C64H60N2S6. The van der Waals surface area contributed by atoms with Crippen LogP contribution in [0.25, 0.3) is 58.5 Å². The van der Waals surface area contributed by atoms with Crippen LogP contribution in [-0.2, 0) is 23.7 Å². The molecule has 0 aliphatic carbocycles. The van der Waals surface area contributed by atoms with Gasteiger partial charge in [-0.3, -0.25) is 0 Å². The van der Waals surface area contributed by atoms with Crippen molar-refractivity contribution >= 4 is 140 Å². The molecule has 0 radical (unpaired) electrons. The van der Waals surface area contributed by atoms with Gasteiger partial charge in [-0.05, 0) is 144 Å². The largest absolute Gasteiger partial charge is 0.310 e. The van der Waals surface area contributed by atoms with Crippen molar-refractivity contribution in [1.29, 1.82) is 0 Å². The SMILES string of the molecule is CCCCCCc1cc2sc3cc(-c4ccc5c(c4)C(C)(C)c4cc6c(cc4N5c4ccccc4)C(C)(C)c4cc(-c5cc7sc8cc(CCCCCC)sc8c7s5)ccc4N6c4ccccc4)sc3c2s1. The highest BCUT2D eigenvalue weighted by Gasteiger charge is 2.43. The second-order valence-electron chi connectivity index (χ2n) is 21.2. The van der Waals surface area contributed by atoms with Gasteiger partial charge in [-0.15, -0.1) is 68.0 Å². The van der Waals surface area contributed by atoms with E-state index in [1.807, 2.05) is 68.0 Å². The number of para-hydroxylation sites is 2. The lowest BCUT2D eigenvalue weighted by atomic mass is 9.68. The lowest BCUT2D eigenvalue weighted by Crippen LogP contribution is -2.35. The average molecular weight is 1050 g/mol. The van der Waals surface area contributed by atoms with Gasteiger partial charge in [0.15, 0.2) is 0 Å². The molecule has 0 amide bonds. The fourth-order valence-corrected chi connectivity index (χ4v) is 19.9. The molecule has 0 unspecified atom stereocenters. The number of hydrogen-bond acceptors (Lipinski definition) is 8. The van der Waals surface area contributed by atoms with Crippen molar-refractivity contribution in [2.45, 2.75) is 117 Å². The maximum absolute atomic E-state index is 2.56. The molecule has 362 valence electrons. The number of rotatable bonds is 14. The number of unbranched alkanes of at least 4 members (excludes halogenated alkanes) is 6. The number of hydrogen-bond donors (Lipinski definition) is 0. The molecule has 0 fully saturated rings. The van der Waals surface area contributed by atoms with Gasteiger partial charge in [0.25, 0.3) is 0 Å². The molecule has 11 aromatic rings. The summed E-state index contributed by atoms with van der Waals surface area (Å²) in [6.45, 7) is 14.4. The van der Waals surface area contributed by atoms with Crippen LogP contribution < -0.4 is 9.80 Å². The van der Waals surface area contributed by atoms with Crippen molar-refractivity contribution in [3.05, 3.63) is 165 Å². The lowest BCUT2D eigenvalue weighted by Gasteiger charge is -2.47. The van der Waals surface area contributed by atoms with Gasteiger partial charge in [-0.25, -0.2) is 0 Å². The number of aryl methyl sites for hydroxylation is 2. The van der Waals surface area contributed by atoms with E-state index in [9.17, 15) is 0 Å². The zero-order valence-electron chi connectivity index (χ0n) is 42.1. The minimum atomic E-state index is -0.296. The molecule has 0 saturated heterocycles. The summed E-state index contributed by atoms with van der Waals surface area (Å²) in [6, 6.07) is 51.8. The molecule has 0 spiro atoms. The summed E-state index contributed by atoms with van der Waals surface area (Å²) >= 11 is 12.0. The van der Waals surface area contributed by atoms with Crippen LogP contribution in [0.15, 0.2) is 133 Å².